The summed E-state index contributed by atoms with van der Waals surface area (Å²) in [5.74, 6) is -1.37. The molecule has 0 aliphatic heterocycles. The number of rotatable bonds is 5. The number of aromatic nitrogens is 2. The first-order valence-corrected chi connectivity index (χ1v) is 6.75. The van der Waals surface area contributed by atoms with Gasteiger partial charge >= 0.3 is 5.88 Å². The summed E-state index contributed by atoms with van der Waals surface area (Å²) in [4.78, 5) is 31.9. The highest BCUT2D eigenvalue weighted by molar-refractivity contribution is 5.98. The van der Waals surface area contributed by atoms with Gasteiger partial charge in [-0.25, -0.2) is 4.68 Å². The topological polar surface area (TPSA) is 160 Å². The van der Waals surface area contributed by atoms with E-state index in [0.717, 1.165) is 6.07 Å². The van der Waals surface area contributed by atoms with E-state index < -0.39 is 21.6 Å². The molecule has 2 N–H and O–H groups in total. The van der Waals surface area contributed by atoms with Gasteiger partial charge in [-0.2, -0.15) is 5.10 Å². The molecule has 0 aliphatic carbocycles. The van der Waals surface area contributed by atoms with Crippen molar-refractivity contribution in [3.05, 3.63) is 68.4 Å². The molecule has 3 aromatic rings. The maximum Gasteiger partial charge on any atom is 0.433 e. The number of nitrogens with two attached hydrogens (primary N) is 1. The second-order valence-electron chi connectivity index (χ2n) is 4.87. The lowest BCUT2D eigenvalue weighted by Crippen LogP contribution is -2.11. The van der Waals surface area contributed by atoms with Gasteiger partial charge in [0.15, 0.2) is 5.76 Å². The third-order valence-electron chi connectivity index (χ3n) is 3.29. The largest absolute Gasteiger partial charge is 0.433 e. The number of non-ortho nitro benzene ring substituents is 1. The fourth-order valence-corrected chi connectivity index (χ4v) is 2.17. The average molecular weight is 343 g/mol. The predicted octanol–water partition coefficient (Wildman–Crippen LogP) is 2.05. The van der Waals surface area contributed by atoms with Crippen molar-refractivity contribution in [3.8, 4) is 17.1 Å². The molecule has 0 fully saturated rings. The Kier molecular flexibility index (Phi) is 3.73. The Bertz CT molecular complexity index is 1000. The minimum absolute atomic E-state index is 0.00731. The zero-order valence-corrected chi connectivity index (χ0v) is 12.4. The molecule has 1 amide bonds. The van der Waals surface area contributed by atoms with E-state index in [9.17, 15) is 25.0 Å². The fourth-order valence-electron chi connectivity index (χ4n) is 2.17. The molecule has 0 saturated heterocycles. The fraction of sp³-hybridized carbons (Fsp3) is 0. The van der Waals surface area contributed by atoms with Crippen LogP contribution in [0.2, 0.25) is 0 Å². The number of primary amides is 1. The number of carbonyl (C=O) groups is 1. The second kappa shape index (κ2) is 5.88. The summed E-state index contributed by atoms with van der Waals surface area (Å²) in [6.07, 6.45) is 1.27. The van der Waals surface area contributed by atoms with Crippen LogP contribution in [-0.4, -0.2) is 25.5 Å². The Morgan fingerprint density at radius 2 is 1.92 bits per heavy atom. The second-order valence-corrected chi connectivity index (χ2v) is 4.87. The maximum atomic E-state index is 11.6. The Morgan fingerprint density at radius 3 is 2.52 bits per heavy atom. The van der Waals surface area contributed by atoms with Gasteiger partial charge in [0, 0.05) is 18.3 Å². The molecule has 0 unspecified atom stereocenters. The number of carbonyl (C=O) groups excluding carboxylic acids is 1. The number of hydrogen-bond donors (Lipinski definition) is 1. The van der Waals surface area contributed by atoms with E-state index in [1.54, 1.807) is 6.07 Å². The molecular formula is C14H9N5O6. The van der Waals surface area contributed by atoms with Gasteiger partial charge in [-0.1, -0.05) is 6.07 Å². The first-order valence-electron chi connectivity index (χ1n) is 6.75. The van der Waals surface area contributed by atoms with Crippen LogP contribution in [0.4, 0.5) is 11.6 Å². The van der Waals surface area contributed by atoms with Crippen LogP contribution in [0.3, 0.4) is 0 Å². The van der Waals surface area contributed by atoms with Crippen molar-refractivity contribution in [1.82, 2.24) is 9.78 Å². The van der Waals surface area contributed by atoms with E-state index in [-0.39, 0.29) is 22.7 Å². The summed E-state index contributed by atoms with van der Waals surface area (Å²) in [5.41, 5.74) is 5.41. The lowest BCUT2D eigenvalue weighted by molar-refractivity contribution is -0.401. The summed E-state index contributed by atoms with van der Waals surface area (Å²) in [7, 11) is 0. The van der Waals surface area contributed by atoms with E-state index in [1.165, 1.54) is 35.1 Å². The molecule has 0 radical (unpaired) electrons. The standard InChI is InChI=1S/C14H9N5O6/c15-14(20)10-7-17(8-2-1-3-9(6-8)18(21)22)16-13(10)11-4-5-12(25-11)19(23)24/h1-7H,(H2,15,20). The Balaban J connectivity index is 2.11. The third-order valence-corrected chi connectivity index (χ3v) is 3.29. The highest BCUT2D eigenvalue weighted by Gasteiger charge is 2.22. The van der Waals surface area contributed by atoms with Gasteiger partial charge < -0.3 is 10.2 Å². The summed E-state index contributed by atoms with van der Waals surface area (Å²) in [6.45, 7) is 0. The smallest absolute Gasteiger partial charge is 0.399 e. The van der Waals surface area contributed by atoms with Gasteiger partial charge in [-0.05, 0) is 12.1 Å². The molecule has 1 aromatic carbocycles. The van der Waals surface area contributed by atoms with E-state index in [1.807, 2.05) is 0 Å². The molecule has 2 aromatic heterocycles. The minimum atomic E-state index is -0.828. The quantitative estimate of drug-likeness (QED) is 0.547. The van der Waals surface area contributed by atoms with Crippen LogP contribution in [0, 0.1) is 20.2 Å². The first-order chi connectivity index (χ1) is 11.9. The van der Waals surface area contributed by atoms with Gasteiger partial charge in [-0.3, -0.25) is 25.0 Å². The van der Waals surface area contributed by atoms with Gasteiger partial charge in [0.2, 0.25) is 0 Å². The molecule has 11 nitrogen and oxygen atoms in total. The monoisotopic (exact) mass is 343 g/mol. The van der Waals surface area contributed by atoms with E-state index in [4.69, 9.17) is 10.2 Å². The number of furan rings is 1. The Labute approximate surface area is 138 Å². The predicted molar refractivity (Wildman–Crippen MR) is 83.1 cm³/mol. The number of nitro benzene ring substituents is 1. The zero-order chi connectivity index (χ0) is 18.1. The molecule has 0 atom stereocenters. The SMILES string of the molecule is NC(=O)c1cn(-c2cccc([N+](=O)[O-])c2)nc1-c1ccc([N+](=O)[O-])o1. The summed E-state index contributed by atoms with van der Waals surface area (Å²) < 4.78 is 6.25. The van der Waals surface area contributed by atoms with Crippen LogP contribution < -0.4 is 5.73 Å². The van der Waals surface area contributed by atoms with E-state index >= 15 is 0 Å². The van der Waals surface area contributed by atoms with Crippen molar-refractivity contribution < 1.29 is 19.1 Å². The van der Waals surface area contributed by atoms with Crippen LogP contribution in [0.15, 0.2) is 47.0 Å². The highest BCUT2D eigenvalue weighted by Crippen LogP contribution is 2.28. The van der Waals surface area contributed by atoms with Gasteiger partial charge in [-0.15, -0.1) is 0 Å². The first kappa shape index (κ1) is 15.9. The molecule has 11 heteroatoms. The van der Waals surface area contributed by atoms with Crippen molar-refractivity contribution in [2.24, 2.45) is 5.73 Å². The molecule has 0 aliphatic rings. The highest BCUT2D eigenvalue weighted by atomic mass is 16.6. The Morgan fingerprint density at radius 1 is 1.16 bits per heavy atom. The van der Waals surface area contributed by atoms with Crippen molar-refractivity contribution in [2.75, 3.05) is 0 Å². The van der Waals surface area contributed by atoms with E-state index in [2.05, 4.69) is 5.10 Å². The van der Waals surface area contributed by atoms with Crippen LogP contribution in [0.1, 0.15) is 10.4 Å². The third kappa shape index (κ3) is 2.93. The average Bonchev–Trinajstić information content (AvgIpc) is 3.22. The molecule has 0 saturated carbocycles. The van der Waals surface area contributed by atoms with Gasteiger partial charge in [0.05, 0.1) is 22.2 Å². The van der Waals surface area contributed by atoms with Gasteiger partial charge in [0.25, 0.3) is 11.6 Å². The molecule has 2 heterocycles. The number of nitrogens with zero attached hydrogens (tertiary/aromatic N) is 4. The van der Waals surface area contributed by atoms with Crippen molar-refractivity contribution in [1.29, 1.82) is 0 Å². The lowest BCUT2D eigenvalue weighted by atomic mass is 10.2. The normalized spacial score (nSPS) is 10.6. The van der Waals surface area contributed by atoms with Crippen LogP contribution >= 0.6 is 0 Å². The molecular weight excluding hydrogens is 334 g/mol. The zero-order valence-electron chi connectivity index (χ0n) is 12.4. The summed E-state index contributed by atoms with van der Waals surface area (Å²) in [6, 6.07) is 7.96. The molecule has 126 valence electrons. The molecule has 0 spiro atoms. The molecule has 0 bridgehead atoms. The summed E-state index contributed by atoms with van der Waals surface area (Å²) >= 11 is 0. The van der Waals surface area contributed by atoms with Crippen LogP contribution in [0.5, 0.6) is 0 Å². The number of nitro groups is 2. The number of amides is 1. The number of hydrogen-bond acceptors (Lipinski definition) is 7. The van der Waals surface area contributed by atoms with Gasteiger partial charge in [0.1, 0.15) is 10.6 Å². The minimum Gasteiger partial charge on any atom is -0.399 e. The maximum absolute atomic E-state index is 11.6. The van der Waals surface area contributed by atoms with Crippen molar-refractivity contribution in [2.45, 2.75) is 0 Å². The summed E-state index contributed by atoms with van der Waals surface area (Å²) in [5, 5.41) is 25.7. The van der Waals surface area contributed by atoms with E-state index in [0.29, 0.717) is 5.69 Å². The molecule has 25 heavy (non-hydrogen) atoms. The van der Waals surface area contributed by atoms with Crippen molar-refractivity contribution >= 4 is 17.5 Å². The van der Waals surface area contributed by atoms with Crippen molar-refractivity contribution in [3.63, 3.8) is 0 Å². The van der Waals surface area contributed by atoms with Crippen LogP contribution in [0.25, 0.3) is 17.1 Å². The number of benzene rings is 1. The lowest BCUT2D eigenvalue weighted by Gasteiger charge is -2.00. The van der Waals surface area contributed by atoms with Crippen LogP contribution in [-0.2, 0) is 0 Å². The Hall–Kier alpha value is -4.02. The molecule has 3 rings (SSSR count).